The Morgan fingerprint density at radius 1 is 1.47 bits per heavy atom. The van der Waals surface area contributed by atoms with Crippen molar-refractivity contribution in [2.75, 3.05) is 24.2 Å². The van der Waals surface area contributed by atoms with Crippen LogP contribution in [-0.4, -0.2) is 37.3 Å². The molecule has 1 aromatic heterocycles. The molecule has 1 aromatic rings. The molecule has 3 N–H and O–H groups in total. The number of hydrogen-bond acceptors (Lipinski definition) is 6. The minimum atomic E-state index is -3.43. The highest BCUT2D eigenvalue weighted by atomic mass is 35.5. The number of primary sulfonamides is 1. The number of halogens is 1. The maximum atomic E-state index is 10.8. The molecule has 0 aliphatic heterocycles. The van der Waals surface area contributed by atoms with Gasteiger partial charge in [0.15, 0.2) is 5.82 Å². The van der Waals surface area contributed by atoms with Gasteiger partial charge in [0, 0.05) is 19.2 Å². The third kappa shape index (κ3) is 7.26. The van der Waals surface area contributed by atoms with Gasteiger partial charge in [0.1, 0.15) is 17.6 Å². The molecule has 0 radical (unpaired) electrons. The summed E-state index contributed by atoms with van der Waals surface area (Å²) in [6.45, 7) is 3.14. The molecule has 1 rings (SSSR count). The minimum absolute atomic E-state index is 0.0788. The van der Waals surface area contributed by atoms with E-state index in [4.69, 9.17) is 21.5 Å². The van der Waals surface area contributed by atoms with Crippen LogP contribution in [0.5, 0.6) is 0 Å². The lowest BCUT2D eigenvalue weighted by Gasteiger charge is -2.07. The van der Waals surface area contributed by atoms with E-state index in [0.29, 0.717) is 36.4 Å². The van der Waals surface area contributed by atoms with Crippen LogP contribution in [0.25, 0.3) is 0 Å². The van der Waals surface area contributed by atoms with Gasteiger partial charge in [-0.1, -0.05) is 11.6 Å². The predicted molar refractivity (Wildman–Crippen MR) is 73.5 cm³/mol. The lowest BCUT2D eigenvalue weighted by molar-refractivity contribution is 0.128. The lowest BCUT2D eigenvalue weighted by Crippen LogP contribution is -2.19. The van der Waals surface area contributed by atoms with Crippen LogP contribution in [0.3, 0.4) is 0 Å². The second-order valence-electron chi connectivity index (χ2n) is 3.78. The summed E-state index contributed by atoms with van der Waals surface area (Å²) in [4.78, 5) is 8.21. The van der Waals surface area contributed by atoms with Crippen LogP contribution in [0.2, 0.25) is 5.15 Å². The molecule has 1 heterocycles. The quantitative estimate of drug-likeness (QED) is 0.542. The smallest absolute Gasteiger partial charge is 0.209 e. The maximum absolute atomic E-state index is 10.8. The molecule has 0 aliphatic carbocycles. The summed E-state index contributed by atoms with van der Waals surface area (Å²) < 4.78 is 26.7. The molecule has 108 valence electrons. The van der Waals surface area contributed by atoms with E-state index in [2.05, 4.69) is 15.3 Å². The van der Waals surface area contributed by atoms with E-state index in [1.54, 1.807) is 6.07 Å². The van der Waals surface area contributed by atoms with Crippen LogP contribution in [0, 0.1) is 0 Å². The largest absolute Gasteiger partial charge is 0.374 e. The number of anilines is 1. The van der Waals surface area contributed by atoms with E-state index in [-0.39, 0.29) is 12.4 Å². The van der Waals surface area contributed by atoms with Crippen molar-refractivity contribution in [1.82, 2.24) is 9.97 Å². The molecular weight excluding hydrogens is 292 g/mol. The minimum Gasteiger partial charge on any atom is -0.374 e. The van der Waals surface area contributed by atoms with Gasteiger partial charge in [-0.15, -0.1) is 0 Å². The van der Waals surface area contributed by atoms with Gasteiger partial charge in [-0.2, -0.15) is 0 Å². The molecule has 0 amide bonds. The Balaban J connectivity index is 2.51. The molecule has 19 heavy (non-hydrogen) atoms. The predicted octanol–water partition coefficient (Wildman–Crippen LogP) is 0.757. The highest BCUT2D eigenvalue weighted by Crippen LogP contribution is 2.12. The fraction of sp³-hybridized carbons (Fsp3) is 0.600. The number of rotatable bonds is 8. The number of nitrogens with one attached hydrogen (secondary N) is 1. The average Bonchev–Trinajstić information content (AvgIpc) is 2.30. The highest BCUT2D eigenvalue weighted by molar-refractivity contribution is 7.89. The summed E-state index contributed by atoms with van der Waals surface area (Å²) in [5.41, 5.74) is 0. The van der Waals surface area contributed by atoms with Crippen LogP contribution < -0.4 is 10.5 Å². The molecule has 0 bridgehead atoms. The Morgan fingerprint density at radius 3 is 2.84 bits per heavy atom. The van der Waals surface area contributed by atoms with Gasteiger partial charge in [0.25, 0.3) is 0 Å². The van der Waals surface area contributed by atoms with E-state index in [0.717, 1.165) is 0 Å². The van der Waals surface area contributed by atoms with Crippen molar-refractivity contribution < 1.29 is 13.2 Å². The summed E-state index contributed by atoms with van der Waals surface area (Å²) in [6, 6.07) is 1.56. The molecule has 9 heteroatoms. The third-order valence-corrected chi connectivity index (χ3v) is 3.14. The zero-order valence-electron chi connectivity index (χ0n) is 10.6. The summed E-state index contributed by atoms with van der Waals surface area (Å²) in [7, 11) is -3.43. The van der Waals surface area contributed by atoms with E-state index >= 15 is 0 Å². The first-order valence-corrected chi connectivity index (χ1v) is 7.85. The van der Waals surface area contributed by atoms with Gasteiger partial charge >= 0.3 is 0 Å². The first kappa shape index (κ1) is 16.1. The monoisotopic (exact) mass is 308 g/mol. The number of aromatic nitrogens is 2. The van der Waals surface area contributed by atoms with Crippen molar-refractivity contribution in [3.8, 4) is 0 Å². The number of nitrogens with zero attached hydrogens (tertiary/aromatic N) is 2. The molecule has 0 saturated carbocycles. The molecule has 7 nitrogen and oxygen atoms in total. The molecule has 0 saturated heterocycles. The Hall–Kier alpha value is -0.960. The Bertz CT molecular complexity index is 509. The number of ether oxygens (including phenoxy) is 1. The molecule has 0 spiro atoms. The SMILES string of the molecule is CCOCc1nc(Cl)cc(NCCCS(N)(=O)=O)n1. The zero-order chi connectivity index (χ0) is 14.3. The molecule has 0 aliphatic rings. The van der Waals surface area contributed by atoms with Gasteiger partial charge in [-0.3, -0.25) is 0 Å². The van der Waals surface area contributed by atoms with Crippen molar-refractivity contribution in [2.45, 2.75) is 20.0 Å². The lowest BCUT2D eigenvalue weighted by atomic mass is 10.4. The third-order valence-electron chi connectivity index (χ3n) is 2.09. The van der Waals surface area contributed by atoms with Crippen LogP contribution in [0.15, 0.2) is 6.07 Å². The molecule has 0 atom stereocenters. The van der Waals surface area contributed by atoms with E-state index in [1.807, 2.05) is 6.92 Å². The van der Waals surface area contributed by atoms with E-state index in [1.165, 1.54) is 0 Å². The van der Waals surface area contributed by atoms with Crippen molar-refractivity contribution >= 4 is 27.4 Å². The molecule has 0 fully saturated rings. The summed E-state index contributed by atoms with van der Waals surface area (Å²) >= 11 is 5.85. The molecule has 0 aromatic carbocycles. The first-order chi connectivity index (χ1) is 8.90. The number of hydrogen-bond donors (Lipinski definition) is 2. The van der Waals surface area contributed by atoms with Gasteiger partial charge in [0.05, 0.1) is 5.75 Å². The number of sulfonamides is 1. The fourth-order valence-corrected chi connectivity index (χ4v) is 2.05. The Labute approximate surface area is 117 Å². The van der Waals surface area contributed by atoms with Gasteiger partial charge in [-0.25, -0.2) is 23.5 Å². The van der Waals surface area contributed by atoms with Crippen molar-refractivity contribution in [2.24, 2.45) is 5.14 Å². The summed E-state index contributed by atoms with van der Waals surface area (Å²) in [6.07, 6.45) is 0.390. The van der Waals surface area contributed by atoms with E-state index in [9.17, 15) is 8.42 Å². The van der Waals surface area contributed by atoms with Crippen LogP contribution >= 0.6 is 11.6 Å². The normalized spacial score (nSPS) is 11.5. The Kier molecular flexibility index (Phi) is 6.43. The van der Waals surface area contributed by atoms with Gasteiger partial charge in [0.2, 0.25) is 10.0 Å². The van der Waals surface area contributed by atoms with Crippen molar-refractivity contribution in [1.29, 1.82) is 0 Å². The highest BCUT2D eigenvalue weighted by Gasteiger charge is 2.05. The van der Waals surface area contributed by atoms with Gasteiger partial charge in [-0.05, 0) is 13.3 Å². The standard InChI is InChI=1S/C10H17ClN4O3S/c1-2-18-7-10-14-8(11)6-9(15-10)13-4-3-5-19(12,16)17/h6H,2-5,7H2,1H3,(H2,12,16,17)(H,13,14,15). The number of nitrogens with two attached hydrogens (primary N) is 1. The van der Waals surface area contributed by atoms with Gasteiger partial charge < -0.3 is 10.1 Å². The molecule has 0 unspecified atom stereocenters. The summed E-state index contributed by atoms with van der Waals surface area (Å²) in [5.74, 6) is 0.928. The first-order valence-electron chi connectivity index (χ1n) is 5.76. The van der Waals surface area contributed by atoms with E-state index < -0.39 is 10.0 Å². The van der Waals surface area contributed by atoms with Crippen molar-refractivity contribution in [3.63, 3.8) is 0 Å². The average molecular weight is 309 g/mol. The van der Waals surface area contributed by atoms with Crippen molar-refractivity contribution in [3.05, 3.63) is 17.0 Å². The zero-order valence-corrected chi connectivity index (χ0v) is 12.2. The fourth-order valence-electron chi connectivity index (χ4n) is 1.30. The van der Waals surface area contributed by atoms with Crippen LogP contribution in [-0.2, 0) is 21.4 Å². The topological polar surface area (TPSA) is 107 Å². The maximum Gasteiger partial charge on any atom is 0.209 e. The molecular formula is C10H17ClN4O3S. The second kappa shape index (κ2) is 7.59. The van der Waals surface area contributed by atoms with Crippen LogP contribution in [0.4, 0.5) is 5.82 Å². The second-order valence-corrected chi connectivity index (χ2v) is 5.90. The Morgan fingerprint density at radius 2 is 2.21 bits per heavy atom. The summed E-state index contributed by atoms with van der Waals surface area (Å²) in [5, 5.41) is 8.17. The van der Waals surface area contributed by atoms with Crippen LogP contribution in [0.1, 0.15) is 19.2 Å².